The van der Waals surface area contributed by atoms with Gasteiger partial charge in [0.1, 0.15) is 10.8 Å². The summed E-state index contributed by atoms with van der Waals surface area (Å²) < 4.78 is 13.7. The molecule has 0 amide bonds. The number of anilines is 1. The van der Waals surface area contributed by atoms with Crippen LogP contribution in [0.15, 0.2) is 42.5 Å². The van der Waals surface area contributed by atoms with E-state index in [9.17, 15) is 4.39 Å². The number of rotatable bonds is 4. The predicted octanol–water partition coefficient (Wildman–Crippen LogP) is 3.38. The van der Waals surface area contributed by atoms with Crippen molar-refractivity contribution < 1.29 is 4.39 Å². The van der Waals surface area contributed by atoms with Crippen molar-refractivity contribution in [3.63, 3.8) is 0 Å². The Morgan fingerprint density at radius 1 is 1.21 bits per heavy atom. The Morgan fingerprint density at radius 3 is 2.63 bits per heavy atom. The molecule has 0 aliphatic carbocycles. The zero-order chi connectivity index (χ0) is 13.8. The van der Waals surface area contributed by atoms with Gasteiger partial charge in [0, 0.05) is 12.2 Å². The zero-order valence-electron chi connectivity index (χ0n) is 10.6. The highest BCUT2D eigenvalue weighted by Gasteiger charge is 2.10. The van der Waals surface area contributed by atoms with Crippen LogP contribution in [0.3, 0.4) is 0 Å². The van der Waals surface area contributed by atoms with Crippen LogP contribution < -0.4 is 11.1 Å². The van der Waals surface area contributed by atoms with Crippen LogP contribution in [0.5, 0.6) is 0 Å². The molecule has 2 aromatic rings. The standard InChI is InChI=1S/C15H15FN2S/c1-10-5-2-3-6-11(10)9-18-13-8-4-7-12(16)14(13)15(17)19/h2-8,18H,9H2,1H3,(H2,17,19). The Morgan fingerprint density at radius 2 is 1.95 bits per heavy atom. The van der Waals surface area contributed by atoms with E-state index in [1.807, 2.05) is 31.2 Å². The van der Waals surface area contributed by atoms with Crippen LogP contribution in [0.4, 0.5) is 10.1 Å². The summed E-state index contributed by atoms with van der Waals surface area (Å²) in [5.74, 6) is -0.401. The van der Waals surface area contributed by atoms with Gasteiger partial charge in [-0.1, -0.05) is 42.5 Å². The fraction of sp³-hybridized carbons (Fsp3) is 0.133. The molecule has 0 saturated carbocycles. The summed E-state index contributed by atoms with van der Waals surface area (Å²) in [5, 5.41) is 3.19. The smallest absolute Gasteiger partial charge is 0.135 e. The first-order valence-electron chi connectivity index (χ1n) is 5.96. The van der Waals surface area contributed by atoms with Crippen LogP contribution in [0.2, 0.25) is 0 Å². The van der Waals surface area contributed by atoms with E-state index in [4.69, 9.17) is 18.0 Å². The highest BCUT2D eigenvalue weighted by molar-refractivity contribution is 7.80. The summed E-state index contributed by atoms with van der Waals surface area (Å²) in [6.45, 7) is 2.64. The van der Waals surface area contributed by atoms with Gasteiger partial charge in [0.15, 0.2) is 0 Å². The molecule has 0 fully saturated rings. The van der Waals surface area contributed by atoms with E-state index in [2.05, 4.69) is 5.32 Å². The van der Waals surface area contributed by atoms with E-state index >= 15 is 0 Å². The quantitative estimate of drug-likeness (QED) is 0.839. The SMILES string of the molecule is Cc1ccccc1CNc1cccc(F)c1C(N)=S. The number of thiocarbonyl (C=S) groups is 1. The van der Waals surface area contributed by atoms with Gasteiger partial charge in [-0.3, -0.25) is 0 Å². The number of benzene rings is 2. The maximum atomic E-state index is 13.7. The van der Waals surface area contributed by atoms with Gasteiger partial charge in [-0.25, -0.2) is 4.39 Å². The van der Waals surface area contributed by atoms with Crippen LogP contribution in [0.1, 0.15) is 16.7 Å². The first-order chi connectivity index (χ1) is 9.09. The predicted molar refractivity (Wildman–Crippen MR) is 80.8 cm³/mol. The molecule has 0 aromatic heterocycles. The highest BCUT2D eigenvalue weighted by atomic mass is 32.1. The lowest BCUT2D eigenvalue weighted by molar-refractivity contribution is 0.626. The fourth-order valence-corrected chi connectivity index (χ4v) is 2.13. The Kier molecular flexibility index (Phi) is 4.12. The maximum Gasteiger partial charge on any atom is 0.135 e. The summed E-state index contributed by atoms with van der Waals surface area (Å²) in [5.41, 5.74) is 8.79. The van der Waals surface area contributed by atoms with Crippen molar-refractivity contribution in [1.29, 1.82) is 0 Å². The van der Waals surface area contributed by atoms with Crippen molar-refractivity contribution in [2.45, 2.75) is 13.5 Å². The van der Waals surface area contributed by atoms with E-state index in [1.54, 1.807) is 12.1 Å². The molecule has 2 rings (SSSR count). The van der Waals surface area contributed by atoms with Crippen molar-refractivity contribution >= 4 is 22.9 Å². The lowest BCUT2D eigenvalue weighted by atomic mass is 10.1. The van der Waals surface area contributed by atoms with Crippen LogP contribution in [-0.4, -0.2) is 4.99 Å². The average Bonchev–Trinajstić information content (AvgIpc) is 2.37. The molecule has 19 heavy (non-hydrogen) atoms. The minimum absolute atomic E-state index is 0.0605. The second kappa shape index (κ2) is 5.80. The van der Waals surface area contributed by atoms with Crippen LogP contribution >= 0.6 is 12.2 Å². The molecule has 0 spiro atoms. The molecule has 0 radical (unpaired) electrons. The molecule has 2 aromatic carbocycles. The monoisotopic (exact) mass is 274 g/mol. The first kappa shape index (κ1) is 13.5. The van der Waals surface area contributed by atoms with E-state index in [0.29, 0.717) is 12.2 Å². The van der Waals surface area contributed by atoms with Gasteiger partial charge in [-0.05, 0) is 30.2 Å². The minimum Gasteiger partial charge on any atom is -0.389 e. The second-order valence-electron chi connectivity index (χ2n) is 4.31. The Bertz CT molecular complexity index is 611. The summed E-state index contributed by atoms with van der Waals surface area (Å²) in [4.78, 5) is 0.0605. The van der Waals surface area contributed by atoms with Gasteiger partial charge in [0.2, 0.25) is 0 Å². The van der Waals surface area contributed by atoms with E-state index in [1.165, 1.54) is 11.6 Å². The molecule has 0 unspecified atom stereocenters. The average molecular weight is 274 g/mol. The van der Waals surface area contributed by atoms with E-state index in [-0.39, 0.29) is 10.6 Å². The van der Waals surface area contributed by atoms with Gasteiger partial charge < -0.3 is 11.1 Å². The van der Waals surface area contributed by atoms with Crippen molar-refractivity contribution in [3.05, 3.63) is 65.0 Å². The van der Waals surface area contributed by atoms with Crippen LogP contribution in [0, 0.1) is 12.7 Å². The zero-order valence-corrected chi connectivity index (χ0v) is 11.4. The summed E-state index contributed by atoms with van der Waals surface area (Å²) in [6.07, 6.45) is 0. The van der Waals surface area contributed by atoms with Gasteiger partial charge in [-0.15, -0.1) is 0 Å². The molecule has 2 nitrogen and oxygen atoms in total. The topological polar surface area (TPSA) is 38.0 Å². The Hall–Kier alpha value is -1.94. The molecule has 0 saturated heterocycles. The maximum absolute atomic E-state index is 13.7. The Labute approximate surface area is 117 Å². The third kappa shape index (κ3) is 3.09. The second-order valence-corrected chi connectivity index (χ2v) is 4.75. The molecule has 3 N–H and O–H groups in total. The minimum atomic E-state index is -0.401. The summed E-state index contributed by atoms with van der Waals surface area (Å²) >= 11 is 4.89. The van der Waals surface area contributed by atoms with Gasteiger partial charge in [0.25, 0.3) is 0 Å². The van der Waals surface area contributed by atoms with E-state index in [0.717, 1.165) is 5.56 Å². The van der Waals surface area contributed by atoms with Crippen LogP contribution in [0.25, 0.3) is 0 Å². The summed E-state index contributed by atoms with van der Waals surface area (Å²) in [6, 6.07) is 12.8. The molecular formula is C15H15FN2S. The fourth-order valence-electron chi connectivity index (χ4n) is 1.92. The number of nitrogens with two attached hydrogens (primary N) is 1. The Balaban J connectivity index is 2.23. The molecule has 0 atom stereocenters. The summed E-state index contributed by atoms with van der Waals surface area (Å²) in [7, 11) is 0. The van der Waals surface area contributed by atoms with Crippen molar-refractivity contribution in [3.8, 4) is 0 Å². The number of aryl methyl sites for hydroxylation is 1. The first-order valence-corrected chi connectivity index (χ1v) is 6.37. The largest absolute Gasteiger partial charge is 0.389 e. The lowest BCUT2D eigenvalue weighted by Gasteiger charge is -2.13. The molecule has 98 valence electrons. The molecule has 0 heterocycles. The molecular weight excluding hydrogens is 259 g/mol. The number of halogens is 1. The lowest BCUT2D eigenvalue weighted by Crippen LogP contribution is -2.15. The molecule has 0 aliphatic heterocycles. The van der Waals surface area contributed by atoms with Crippen molar-refractivity contribution in [2.24, 2.45) is 5.73 Å². The van der Waals surface area contributed by atoms with Gasteiger partial charge >= 0.3 is 0 Å². The molecule has 4 heteroatoms. The molecule has 0 aliphatic rings. The number of hydrogen-bond acceptors (Lipinski definition) is 2. The third-order valence-corrected chi connectivity index (χ3v) is 3.19. The van der Waals surface area contributed by atoms with Gasteiger partial charge in [0.05, 0.1) is 5.56 Å². The normalized spacial score (nSPS) is 10.2. The highest BCUT2D eigenvalue weighted by Crippen LogP contribution is 2.20. The number of nitrogens with one attached hydrogen (secondary N) is 1. The molecule has 0 bridgehead atoms. The van der Waals surface area contributed by atoms with Crippen molar-refractivity contribution in [2.75, 3.05) is 5.32 Å². The van der Waals surface area contributed by atoms with Crippen LogP contribution in [-0.2, 0) is 6.54 Å². The number of hydrogen-bond donors (Lipinski definition) is 2. The van der Waals surface area contributed by atoms with E-state index < -0.39 is 5.82 Å². The third-order valence-electron chi connectivity index (χ3n) is 2.99. The van der Waals surface area contributed by atoms with Crippen molar-refractivity contribution in [1.82, 2.24) is 0 Å². The van der Waals surface area contributed by atoms with Gasteiger partial charge in [-0.2, -0.15) is 0 Å².